The van der Waals surface area contributed by atoms with Gasteiger partial charge in [-0.15, -0.1) is 0 Å². The fraction of sp³-hybridized carbons (Fsp3) is 0.333. The zero-order chi connectivity index (χ0) is 19.4. The summed E-state index contributed by atoms with van der Waals surface area (Å²) in [6.45, 7) is 7.37. The minimum atomic E-state index is -0.267. The van der Waals surface area contributed by atoms with Crippen LogP contribution in [0.25, 0.3) is 0 Å². The van der Waals surface area contributed by atoms with Crippen molar-refractivity contribution in [3.05, 3.63) is 53.1 Å². The van der Waals surface area contributed by atoms with E-state index >= 15 is 0 Å². The van der Waals surface area contributed by atoms with E-state index in [2.05, 4.69) is 31.3 Å². The van der Waals surface area contributed by atoms with Crippen molar-refractivity contribution in [1.29, 1.82) is 0 Å². The number of amides is 1. The molecule has 0 atom stereocenters. The molecule has 1 N–H and O–H groups in total. The van der Waals surface area contributed by atoms with E-state index in [1.54, 1.807) is 37.6 Å². The first kappa shape index (κ1) is 18.8. The quantitative estimate of drug-likeness (QED) is 0.662. The number of methoxy groups -OCH3 is 1. The van der Waals surface area contributed by atoms with Crippen LogP contribution in [-0.2, 0) is 5.41 Å². The molecule has 27 heavy (non-hydrogen) atoms. The molecule has 1 amide bonds. The van der Waals surface area contributed by atoms with E-state index in [1.165, 1.54) is 5.56 Å². The van der Waals surface area contributed by atoms with E-state index in [0.717, 1.165) is 5.56 Å². The SMILES string of the molecule is COc1cc(/C=N\NC(=O)c2ccc(C(C)(C)C)cc2)cc2c1OCCO2. The standard InChI is InChI=1S/C21H24N2O4/c1-21(2,3)16-7-5-15(6-8-16)20(24)23-22-13-14-11-17(25-4)19-18(12-14)26-9-10-27-19/h5-8,11-13H,9-10H2,1-4H3,(H,23,24)/b22-13-. The number of hydrazone groups is 1. The van der Waals surface area contributed by atoms with Gasteiger partial charge in [0.25, 0.3) is 5.91 Å². The molecular formula is C21H24N2O4. The average Bonchev–Trinajstić information content (AvgIpc) is 2.66. The maximum absolute atomic E-state index is 12.3. The maximum atomic E-state index is 12.3. The first-order valence-corrected chi connectivity index (χ1v) is 8.80. The Bertz CT molecular complexity index is 834. The molecule has 142 valence electrons. The van der Waals surface area contributed by atoms with Crippen LogP contribution in [0.1, 0.15) is 42.3 Å². The van der Waals surface area contributed by atoms with Crippen molar-refractivity contribution in [3.8, 4) is 17.2 Å². The lowest BCUT2D eigenvalue weighted by molar-refractivity contribution is 0.0955. The number of rotatable bonds is 4. The van der Waals surface area contributed by atoms with Crippen molar-refractivity contribution in [2.75, 3.05) is 20.3 Å². The fourth-order valence-corrected chi connectivity index (χ4v) is 2.72. The molecule has 1 aliphatic rings. The summed E-state index contributed by atoms with van der Waals surface area (Å²) >= 11 is 0. The van der Waals surface area contributed by atoms with Crippen LogP contribution in [0.5, 0.6) is 17.2 Å². The van der Waals surface area contributed by atoms with Crippen LogP contribution in [0.4, 0.5) is 0 Å². The number of nitrogens with one attached hydrogen (secondary N) is 1. The topological polar surface area (TPSA) is 69.2 Å². The zero-order valence-electron chi connectivity index (χ0n) is 16.0. The normalized spacial score (nSPS) is 13.5. The number of nitrogens with zero attached hydrogens (tertiary/aromatic N) is 1. The van der Waals surface area contributed by atoms with Gasteiger partial charge in [-0.05, 0) is 35.2 Å². The van der Waals surface area contributed by atoms with E-state index in [-0.39, 0.29) is 11.3 Å². The Morgan fingerprint density at radius 3 is 2.52 bits per heavy atom. The molecule has 0 saturated heterocycles. The molecular weight excluding hydrogens is 344 g/mol. The third-order valence-electron chi connectivity index (χ3n) is 4.24. The molecule has 0 fully saturated rings. The lowest BCUT2D eigenvalue weighted by atomic mass is 9.87. The molecule has 0 radical (unpaired) electrons. The molecule has 2 aromatic carbocycles. The van der Waals surface area contributed by atoms with Crippen LogP contribution in [0.2, 0.25) is 0 Å². The Kier molecular flexibility index (Phi) is 5.35. The zero-order valence-corrected chi connectivity index (χ0v) is 16.0. The van der Waals surface area contributed by atoms with E-state index in [0.29, 0.717) is 36.0 Å². The molecule has 0 aromatic heterocycles. The Morgan fingerprint density at radius 1 is 1.15 bits per heavy atom. The minimum absolute atomic E-state index is 0.0461. The second-order valence-corrected chi connectivity index (χ2v) is 7.27. The van der Waals surface area contributed by atoms with Crippen LogP contribution < -0.4 is 19.6 Å². The van der Waals surface area contributed by atoms with Gasteiger partial charge in [-0.25, -0.2) is 5.43 Å². The summed E-state index contributed by atoms with van der Waals surface area (Å²) in [5.74, 6) is 1.49. The summed E-state index contributed by atoms with van der Waals surface area (Å²) < 4.78 is 16.5. The predicted molar refractivity (Wildman–Crippen MR) is 104 cm³/mol. The van der Waals surface area contributed by atoms with Gasteiger partial charge in [0.15, 0.2) is 11.5 Å². The molecule has 2 aromatic rings. The average molecular weight is 368 g/mol. The number of carbonyl (C=O) groups is 1. The number of hydrogen-bond acceptors (Lipinski definition) is 5. The molecule has 0 unspecified atom stereocenters. The highest BCUT2D eigenvalue weighted by Crippen LogP contribution is 2.39. The van der Waals surface area contributed by atoms with Gasteiger partial charge < -0.3 is 14.2 Å². The molecule has 1 heterocycles. The summed E-state index contributed by atoms with van der Waals surface area (Å²) in [6.07, 6.45) is 1.54. The highest BCUT2D eigenvalue weighted by molar-refractivity contribution is 5.95. The maximum Gasteiger partial charge on any atom is 0.271 e. The Hall–Kier alpha value is -3.02. The molecule has 0 aliphatic carbocycles. The first-order chi connectivity index (χ1) is 12.9. The summed E-state index contributed by atoms with van der Waals surface area (Å²) in [5.41, 5.74) is 5.05. The highest BCUT2D eigenvalue weighted by atomic mass is 16.6. The number of benzene rings is 2. The summed E-state index contributed by atoms with van der Waals surface area (Å²) in [4.78, 5) is 12.3. The van der Waals surface area contributed by atoms with Crippen LogP contribution in [0, 0.1) is 0 Å². The molecule has 3 rings (SSSR count). The molecule has 0 spiro atoms. The van der Waals surface area contributed by atoms with Gasteiger partial charge in [-0.2, -0.15) is 5.10 Å². The monoisotopic (exact) mass is 368 g/mol. The van der Waals surface area contributed by atoms with Crippen molar-refractivity contribution in [2.45, 2.75) is 26.2 Å². The van der Waals surface area contributed by atoms with Crippen LogP contribution in [0.3, 0.4) is 0 Å². The van der Waals surface area contributed by atoms with Crippen molar-refractivity contribution in [3.63, 3.8) is 0 Å². The van der Waals surface area contributed by atoms with Gasteiger partial charge in [0, 0.05) is 11.1 Å². The van der Waals surface area contributed by atoms with Crippen molar-refractivity contribution >= 4 is 12.1 Å². The van der Waals surface area contributed by atoms with Gasteiger partial charge in [-0.1, -0.05) is 32.9 Å². The van der Waals surface area contributed by atoms with E-state index in [9.17, 15) is 4.79 Å². The molecule has 1 aliphatic heterocycles. The van der Waals surface area contributed by atoms with Gasteiger partial charge >= 0.3 is 0 Å². The van der Waals surface area contributed by atoms with Crippen LogP contribution in [-0.4, -0.2) is 32.4 Å². The second-order valence-electron chi connectivity index (χ2n) is 7.27. The fourth-order valence-electron chi connectivity index (χ4n) is 2.72. The molecule has 0 bridgehead atoms. The first-order valence-electron chi connectivity index (χ1n) is 8.80. The lowest BCUT2D eigenvalue weighted by Gasteiger charge is -2.20. The van der Waals surface area contributed by atoms with Crippen molar-refractivity contribution < 1.29 is 19.0 Å². The third kappa shape index (κ3) is 4.39. The van der Waals surface area contributed by atoms with Crippen molar-refractivity contribution in [2.24, 2.45) is 5.10 Å². The van der Waals surface area contributed by atoms with Gasteiger partial charge in [0.1, 0.15) is 13.2 Å². The van der Waals surface area contributed by atoms with Crippen LogP contribution in [0.15, 0.2) is 41.5 Å². The van der Waals surface area contributed by atoms with Crippen LogP contribution >= 0.6 is 0 Å². The minimum Gasteiger partial charge on any atom is -0.493 e. The van der Waals surface area contributed by atoms with E-state index < -0.39 is 0 Å². The molecule has 6 heteroatoms. The largest absolute Gasteiger partial charge is 0.493 e. The smallest absolute Gasteiger partial charge is 0.271 e. The Morgan fingerprint density at radius 2 is 1.85 bits per heavy atom. The van der Waals surface area contributed by atoms with E-state index in [4.69, 9.17) is 14.2 Å². The predicted octanol–water partition coefficient (Wildman–Crippen LogP) is 3.53. The highest BCUT2D eigenvalue weighted by Gasteiger charge is 2.18. The molecule has 0 saturated carbocycles. The van der Waals surface area contributed by atoms with Gasteiger partial charge in [-0.3, -0.25) is 4.79 Å². The third-order valence-corrected chi connectivity index (χ3v) is 4.24. The number of hydrogen-bond donors (Lipinski definition) is 1. The summed E-state index contributed by atoms with van der Waals surface area (Å²) in [6, 6.07) is 11.1. The van der Waals surface area contributed by atoms with Gasteiger partial charge in [0.05, 0.1) is 13.3 Å². The number of ether oxygens (including phenoxy) is 3. The van der Waals surface area contributed by atoms with Gasteiger partial charge in [0.2, 0.25) is 5.75 Å². The summed E-state index contributed by atoms with van der Waals surface area (Å²) in [5, 5.41) is 4.04. The number of fused-ring (bicyclic) bond motifs is 1. The lowest BCUT2D eigenvalue weighted by Crippen LogP contribution is -2.18. The number of carbonyl (C=O) groups excluding carboxylic acids is 1. The molecule has 6 nitrogen and oxygen atoms in total. The Balaban J connectivity index is 1.69. The Labute approximate surface area is 159 Å². The second kappa shape index (κ2) is 7.70. The van der Waals surface area contributed by atoms with Crippen molar-refractivity contribution in [1.82, 2.24) is 5.43 Å². The van der Waals surface area contributed by atoms with E-state index in [1.807, 2.05) is 12.1 Å². The summed E-state index contributed by atoms with van der Waals surface area (Å²) in [7, 11) is 1.57.